The molecule has 1 saturated heterocycles. The van der Waals surface area contributed by atoms with Gasteiger partial charge in [-0.05, 0) is 30.5 Å². The van der Waals surface area contributed by atoms with E-state index in [0.717, 1.165) is 6.42 Å². The van der Waals surface area contributed by atoms with Crippen LogP contribution in [0, 0.1) is 12.7 Å². The number of amides is 1. The lowest BCUT2D eigenvalue weighted by Gasteiger charge is -2.09. The van der Waals surface area contributed by atoms with Gasteiger partial charge in [-0.25, -0.2) is 4.39 Å². The van der Waals surface area contributed by atoms with Crippen LogP contribution in [-0.2, 0) is 4.79 Å². The predicted molar refractivity (Wildman–Crippen MR) is 67.7 cm³/mol. The van der Waals surface area contributed by atoms with Crippen LogP contribution in [-0.4, -0.2) is 18.4 Å². The van der Waals surface area contributed by atoms with Gasteiger partial charge in [0, 0.05) is 6.54 Å². The number of hydrogen-bond acceptors (Lipinski definition) is 2. The summed E-state index contributed by atoms with van der Waals surface area (Å²) in [7, 11) is 0. The van der Waals surface area contributed by atoms with E-state index in [1.54, 1.807) is 19.1 Å². The van der Waals surface area contributed by atoms with Crippen LogP contribution in [0.4, 0.5) is 4.39 Å². The number of nitrogens with one attached hydrogen (secondary N) is 2. The van der Waals surface area contributed by atoms with Crippen LogP contribution in [0.3, 0.4) is 0 Å². The molecule has 1 heterocycles. The number of benzene rings is 1. The van der Waals surface area contributed by atoms with E-state index in [0.29, 0.717) is 23.6 Å². The first-order valence-corrected chi connectivity index (χ1v) is 5.99. The van der Waals surface area contributed by atoms with Gasteiger partial charge < -0.3 is 5.32 Å². The lowest BCUT2D eigenvalue weighted by atomic mass is 10.1. The maximum Gasteiger partial charge on any atom is 0.253 e. The number of nitrogens with zero attached hydrogens (tertiary/aromatic N) is 1. The van der Waals surface area contributed by atoms with Crippen LogP contribution in [0.2, 0.25) is 0 Å². The number of hydrogen-bond donors (Lipinski definition) is 2. The topological polar surface area (TPSA) is 53.5 Å². The molecule has 0 radical (unpaired) electrons. The van der Waals surface area contributed by atoms with Gasteiger partial charge in [-0.3, -0.25) is 15.1 Å². The Labute approximate surface area is 105 Å². The van der Waals surface area contributed by atoms with Crippen molar-refractivity contribution in [3.05, 3.63) is 35.1 Å². The molecule has 2 N–H and O–H groups in total. The summed E-state index contributed by atoms with van der Waals surface area (Å²) in [5.41, 5.74) is 1.18. The van der Waals surface area contributed by atoms with Gasteiger partial charge in [0.2, 0.25) is 0 Å². The molecule has 1 amide bonds. The van der Waals surface area contributed by atoms with Crippen LogP contribution >= 0.6 is 0 Å². The molecule has 0 aliphatic carbocycles. The van der Waals surface area contributed by atoms with Crippen molar-refractivity contribution < 1.29 is 9.18 Å². The second-order valence-corrected chi connectivity index (χ2v) is 4.31. The fourth-order valence-electron chi connectivity index (χ4n) is 1.76. The van der Waals surface area contributed by atoms with Gasteiger partial charge in [-0.2, -0.15) is 0 Å². The molecule has 96 valence electrons. The van der Waals surface area contributed by atoms with E-state index in [1.807, 2.05) is 6.92 Å². The molecule has 1 aromatic rings. The van der Waals surface area contributed by atoms with E-state index in [-0.39, 0.29) is 11.7 Å². The van der Waals surface area contributed by atoms with Gasteiger partial charge >= 0.3 is 0 Å². The molecule has 18 heavy (non-hydrogen) atoms. The van der Waals surface area contributed by atoms with Crippen molar-refractivity contribution in [2.45, 2.75) is 26.3 Å². The largest absolute Gasteiger partial charge is 0.340 e. The van der Waals surface area contributed by atoms with Crippen molar-refractivity contribution in [1.82, 2.24) is 10.6 Å². The molecule has 5 heteroatoms. The summed E-state index contributed by atoms with van der Waals surface area (Å²) in [5.74, 6) is -0.0398. The number of aliphatic imine (C=N–C) groups is 1. The van der Waals surface area contributed by atoms with Crippen LogP contribution < -0.4 is 10.6 Å². The highest BCUT2D eigenvalue weighted by molar-refractivity contribution is 6.06. The van der Waals surface area contributed by atoms with Gasteiger partial charge in [-0.15, -0.1) is 0 Å². The van der Waals surface area contributed by atoms with E-state index in [9.17, 15) is 9.18 Å². The van der Waals surface area contributed by atoms with Gasteiger partial charge in [0.05, 0.1) is 0 Å². The standard InChI is InChI=1S/C13H16FN3O/c1-3-6-15-13-16-11(12(18)17-13)9-5-4-8(2)10(14)7-9/h4-5,7,11H,3,6H2,1-2H3,(H2,15,16,17,18). The number of aryl methyl sites for hydroxylation is 1. The summed E-state index contributed by atoms with van der Waals surface area (Å²) in [6.07, 6.45) is 0.908. The maximum atomic E-state index is 13.5. The lowest BCUT2D eigenvalue weighted by molar-refractivity contribution is -0.120. The summed E-state index contributed by atoms with van der Waals surface area (Å²) < 4.78 is 13.5. The average molecular weight is 249 g/mol. The van der Waals surface area contributed by atoms with Crippen molar-refractivity contribution in [1.29, 1.82) is 0 Å². The molecule has 2 rings (SSSR count). The van der Waals surface area contributed by atoms with E-state index in [4.69, 9.17) is 0 Å². The number of carbonyl (C=O) groups excluding carboxylic acids is 1. The molecule has 0 saturated carbocycles. The molecule has 4 nitrogen and oxygen atoms in total. The Morgan fingerprint density at radius 3 is 2.89 bits per heavy atom. The van der Waals surface area contributed by atoms with Crippen LogP contribution in [0.1, 0.15) is 30.5 Å². The Bertz CT molecular complexity index is 499. The summed E-state index contributed by atoms with van der Waals surface area (Å²) in [6.45, 7) is 4.35. The Hall–Kier alpha value is -1.91. The molecule has 1 fully saturated rings. The Morgan fingerprint density at radius 1 is 1.44 bits per heavy atom. The molecular weight excluding hydrogens is 233 g/mol. The Kier molecular flexibility index (Phi) is 3.60. The second-order valence-electron chi connectivity index (χ2n) is 4.31. The van der Waals surface area contributed by atoms with E-state index in [2.05, 4.69) is 15.6 Å². The SMILES string of the molecule is CCCN=C1NC(=O)C(c2ccc(C)c(F)c2)N1. The molecule has 1 atom stereocenters. The highest BCUT2D eigenvalue weighted by Gasteiger charge is 2.29. The van der Waals surface area contributed by atoms with Crippen LogP contribution in [0.15, 0.2) is 23.2 Å². The number of carbonyl (C=O) groups is 1. The minimum atomic E-state index is -0.560. The van der Waals surface area contributed by atoms with Gasteiger partial charge in [-0.1, -0.05) is 19.1 Å². The summed E-state index contributed by atoms with van der Waals surface area (Å²) in [5, 5.41) is 5.61. The van der Waals surface area contributed by atoms with Gasteiger partial charge in [0.25, 0.3) is 5.91 Å². The maximum absolute atomic E-state index is 13.5. The second kappa shape index (κ2) is 5.16. The first kappa shape index (κ1) is 12.5. The fraction of sp³-hybridized carbons (Fsp3) is 0.385. The normalized spacial score (nSPS) is 20.9. The average Bonchev–Trinajstić information content (AvgIpc) is 2.71. The quantitative estimate of drug-likeness (QED) is 0.856. The number of halogens is 1. The highest BCUT2D eigenvalue weighted by atomic mass is 19.1. The van der Waals surface area contributed by atoms with Crippen molar-refractivity contribution in [2.75, 3.05) is 6.54 Å². The van der Waals surface area contributed by atoms with Crippen molar-refractivity contribution >= 4 is 11.9 Å². The minimum Gasteiger partial charge on any atom is -0.340 e. The number of guanidine groups is 1. The van der Waals surface area contributed by atoms with E-state index < -0.39 is 6.04 Å². The number of rotatable bonds is 3. The van der Waals surface area contributed by atoms with E-state index >= 15 is 0 Å². The Balaban J connectivity index is 2.19. The lowest BCUT2D eigenvalue weighted by Crippen LogP contribution is -2.25. The molecule has 1 aromatic carbocycles. The van der Waals surface area contributed by atoms with Gasteiger partial charge in [0.1, 0.15) is 11.9 Å². The first-order valence-electron chi connectivity index (χ1n) is 5.99. The first-order chi connectivity index (χ1) is 8.61. The summed E-state index contributed by atoms with van der Waals surface area (Å²) >= 11 is 0. The minimum absolute atomic E-state index is 0.201. The molecule has 0 bridgehead atoms. The van der Waals surface area contributed by atoms with Crippen LogP contribution in [0.25, 0.3) is 0 Å². The third-order valence-corrected chi connectivity index (χ3v) is 2.81. The van der Waals surface area contributed by atoms with E-state index in [1.165, 1.54) is 6.07 Å². The molecule has 0 spiro atoms. The zero-order chi connectivity index (χ0) is 13.1. The smallest absolute Gasteiger partial charge is 0.253 e. The van der Waals surface area contributed by atoms with Gasteiger partial charge in [0.15, 0.2) is 5.96 Å². The molecular formula is C13H16FN3O. The predicted octanol–water partition coefficient (Wildman–Crippen LogP) is 1.66. The molecule has 1 unspecified atom stereocenters. The summed E-state index contributed by atoms with van der Waals surface area (Å²) in [4.78, 5) is 16.0. The fourth-order valence-corrected chi connectivity index (χ4v) is 1.76. The van der Waals surface area contributed by atoms with Crippen molar-refractivity contribution in [2.24, 2.45) is 4.99 Å². The van der Waals surface area contributed by atoms with Crippen molar-refractivity contribution in [3.63, 3.8) is 0 Å². The summed E-state index contributed by atoms with van der Waals surface area (Å²) in [6, 6.07) is 4.24. The third-order valence-electron chi connectivity index (χ3n) is 2.81. The zero-order valence-corrected chi connectivity index (χ0v) is 10.5. The highest BCUT2D eigenvalue weighted by Crippen LogP contribution is 2.19. The molecule has 1 aliphatic rings. The third kappa shape index (κ3) is 2.50. The molecule has 0 aromatic heterocycles. The van der Waals surface area contributed by atoms with Crippen molar-refractivity contribution in [3.8, 4) is 0 Å². The monoisotopic (exact) mass is 249 g/mol. The zero-order valence-electron chi connectivity index (χ0n) is 10.5. The Morgan fingerprint density at radius 2 is 2.22 bits per heavy atom. The van der Waals surface area contributed by atoms with Crippen LogP contribution in [0.5, 0.6) is 0 Å². The molecule has 1 aliphatic heterocycles.